The molecule has 3 heteroatoms. The van der Waals surface area contributed by atoms with Gasteiger partial charge in [0.25, 0.3) is 0 Å². The molecule has 0 aromatic heterocycles. The van der Waals surface area contributed by atoms with Crippen LogP contribution in [-0.2, 0) is 16.0 Å². The average molecular weight is 324 g/mol. The van der Waals surface area contributed by atoms with Crippen LogP contribution in [-0.4, -0.2) is 13.1 Å². The third-order valence-electron chi connectivity index (χ3n) is 6.16. The van der Waals surface area contributed by atoms with Gasteiger partial charge in [0, 0.05) is 12.3 Å². The number of carbonyl (C=O) groups excluding carboxylic acids is 1. The topological polar surface area (TPSA) is 35.5 Å². The molecule has 1 aromatic rings. The quantitative estimate of drug-likeness (QED) is 0.750. The van der Waals surface area contributed by atoms with Crippen molar-refractivity contribution in [3.8, 4) is 5.75 Å². The molecule has 0 amide bonds. The Kier molecular flexibility index (Phi) is 3.56. The van der Waals surface area contributed by atoms with E-state index in [1.54, 1.807) is 7.11 Å². The summed E-state index contributed by atoms with van der Waals surface area (Å²) < 4.78 is 10.9. The lowest BCUT2D eigenvalue weighted by atomic mass is 9.58. The molecule has 0 N–H and O–H groups in total. The minimum absolute atomic E-state index is 0.100. The van der Waals surface area contributed by atoms with E-state index in [-0.39, 0.29) is 11.4 Å². The summed E-state index contributed by atoms with van der Waals surface area (Å²) in [5.74, 6) is 2.69. The molecule has 0 bridgehead atoms. The second kappa shape index (κ2) is 5.51. The number of allylic oxidation sites excluding steroid dienone is 3. The van der Waals surface area contributed by atoms with Gasteiger partial charge >= 0.3 is 5.97 Å². The number of benzene rings is 1. The lowest BCUT2D eigenvalue weighted by molar-refractivity contribution is -0.138. The minimum atomic E-state index is -0.222. The summed E-state index contributed by atoms with van der Waals surface area (Å²) in [6.07, 6.45) is 8.64. The van der Waals surface area contributed by atoms with E-state index in [1.165, 1.54) is 23.6 Å². The van der Waals surface area contributed by atoms with Gasteiger partial charge in [-0.25, -0.2) is 0 Å². The Balaban J connectivity index is 1.65. The first kappa shape index (κ1) is 15.5. The molecule has 3 aliphatic rings. The summed E-state index contributed by atoms with van der Waals surface area (Å²) in [4.78, 5) is 11.4. The zero-order valence-corrected chi connectivity index (χ0v) is 14.6. The van der Waals surface area contributed by atoms with Crippen molar-refractivity contribution in [1.29, 1.82) is 0 Å². The number of hydrogen-bond acceptors (Lipinski definition) is 3. The van der Waals surface area contributed by atoms with Gasteiger partial charge in [0.15, 0.2) is 0 Å². The highest BCUT2D eigenvalue weighted by atomic mass is 16.5. The molecule has 0 aliphatic heterocycles. The maximum atomic E-state index is 11.4. The van der Waals surface area contributed by atoms with Crippen LogP contribution in [0.3, 0.4) is 0 Å². The largest absolute Gasteiger partial charge is 0.497 e. The van der Waals surface area contributed by atoms with Crippen molar-refractivity contribution in [2.45, 2.75) is 45.4 Å². The third kappa shape index (κ3) is 2.21. The van der Waals surface area contributed by atoms with Gasteiger partial charge in [0.05, 0.1) is 7.11 Å². The van der Waals surface area contributed by atoms with Gasteiger partial charge < -0.3 is 9.47 Å². The van der Waals surface area contributed by atoms with Crippen molar-refractivity contribution in [1.82, 2.24) is 0 Å². The van der Waals surface area contributed by atoms with Crippen LogP contribution in [0.25, 0.3) is 0 Å². The average Bonchev–Trinajstić information content (AvgIpc) is 2.90. The standard InChI is InChI=1S/C21H24O3/c1-13(22)24-20-9-8-19-18-6-4-14-12-15(23-3)5-7-16(14)17(18)10-11-21(19,20)2/h5,7-9,12,17-18H,4,6,10-11H2,1-3H3/t17-,18+,21-/m0/s1. The monoisotopic (exact) mass is 324 g/mol. The number of ether oxygens (including phenoxy) is 2. The highest BCUT2D eigenvalue weighted by Crippen LogP contribution is 2.59. The van der Waals surface area contributed by atoms with E-state index in [4.69, 9.17) is 9.47 Å². The van der Waals surface area contributed by atoms with E-state index in [1.807, 2.05) is 6.08 Å². The summed E-state index contributed by atoms with van der Waals surface area (Å²) in [5.41, 5.74) is 4.27. The van der Waals surface area contributed by atoms with Crippen molar-refractivity contribution in [3.05, 3.63) is 52.8 Å². The third-order valence-corrected chi connectivity index (χ3v) is 6.16. The molecule has 0 radical (unpaired) electrons. The number of hydrogen-bond donors (Lipinski definition) is 0. The van der Waals surface area contributed by atoms with Crippen LogP contribution in [0.4, 0.5) is 0 Å². The first-order valence-electron chi connectivity index (χ1n) is 8.81. The lowest BCUT2D eigenvalue weighted by Gasteiger charge is -2.46. The van der Waals surface area contributed by atoms with E-state index >= 15 is 0 Å². The van der Waals surface area contributed by atoms with Crippen molar-refractivity contribution >= 4 is 5.97 Å². The fourth-order valence-corrected chi connectivity index (χ4v) is 4.97. The molecule has 3 nitrogen and oxygen atoms in total. The van der Waals surface area contributed by atoms with Crippen LogP contribution in [0.1, 0.15) is 50.2 Å². The van der Waals surface area contributed by atoms with Crippen molar-refractivity contribution in [2.24, 2.45) is 11.3 Å². The van der Waals surface area contributed by atoms with Gasteiger partial charge in [-0.15, -0.1) is 0 Å². The Bertz CT molecular complexity index is 758. The van der Waals surface area contributed by atoms with Gasteiger partial charge in [-0.2, -0.15) is 0 Å². The number of carbonyl (C=O) groups is 1. The van der Waals surface area contributed by atoms with Gasteiger partial charge in [-0.05, 0) is 73.8 Å². The van der Waals surface area contributed by atoms with E-state index in [0.29, 0.717) is 11.8 Å². The molecule has 0 spiro atoms. The highest BCUT2D eigenvalue weighted by molar-refractivity contribution is 5.68. The zero-order chi connectivity index (χ0) is 16.9. The maximum absolute atomic E-state index is 11.4. The normalized spacial score (nSPS) is 30.5. The maximum Gasteiger partial charge on any atom is 0.307 e. The van der Waals surface area contributed by atoms with Crippen LogP contribution in [0.2, 0.25) is 0 Å². The Morgan fingerprint density at radius 3 is 2.79 bits per heavy atom. The molecule has 0 saturated heterocycles. The second-order valence-corrected chi connectivity index (χ2v) is 7.43. The predicted octanol–water partition coefficient (Wildman–Crippen LogP) is 4.53. The first-order chi connectivity index (χ1) is 11.5. The summed E-state index contributed by atoms with van der Waals surface area (Å²) in [6, 6.07) is 6.54. The molecule has 24 heavy (non-hydrogen) atoms. The first-order valence-corrected chi connectivity index (χ1v) is 8.81. The zero-order valence-electron chi connectivity index (χ0n) is 14.6. The Labute approximate surface area is 143 Å². The predicted molar refractivity (Wildman–Crippen MR) is 92.8 cm³/mol. The smallest absolute Gasteiger partial charge is 0.307 e. The van der Waals surface area contributed by atoms with E-state index in [9.17, 15) is 4.79 Å². The Hall–Kier alpha value is -2.03. The number of rotatable bonds is 2. The Morgan fingerprint density at radius 1 is 1.21 bits per heavy atom. The summed E-state index contributed by atoms with van der Waals surface area (Å²) in [5, 5.41) is 0. The highest BCUT2D eigenvalue weighted by Gasteiger charge is 2.49. The molecule has 4 rings (SSSR count). The molecular weight excluding hydrogens is 300 g/mol. The number of esters is 1. The summed E-state index contributed by atoms with van der Waals surface area (Å²) in [6.45, 7) is 3.72. The number of aryl methyl sites for hydroxylation is 1. The number of fused-ring (bicyclic) bond motifs is 5. The molecule has 1 saturated carbocycles. The van der Waals surface area contributed by atoms with Crippen LogP contribution in [0.5, 0.6) is 5.75 Å². The van der Waals surface area contributed by atoms with Crippen LogP contribution >= 0.6 is 0 Å². The molecule has 126 valence electrons. The van der Waals surface area contributed by atoms with Crippen molar-refractivity contribution in [3.63, 3.8) is 0 Å². The molecular formula is C21H24O3. The molecule has 1 fully saturated rings. The van der Waals surface area contributed by atoms with Gasteiger partial charge in [-0.1, -0.05) is 17.7 Å². The van der Waals surface area contributed by atoms with E-state index in [0.717, 1.165) is 37.2 Å². The number of methoxy groups -OCH3 is 1. The molecule has 1 aromatic carbocycles. The van der Waals surface area contributed by atoms with Gasteiger partial charge in [0.2, 0.25) is 0 Å². The molecule has 3 atom stereocenters. The molecule has 0 unspecified atom stereocenters. The van der Waals surface area contributed by atoms with Crippen molar-refractivity contribution < 1.29 is 14.3 Å². The van der Waals surface area contributed by atoms with Crippen LogP contribution in [0, 0.1) is 11.3 Å². The fourth-order valence-electron chi connectivity index (χ4n) is 4.97. The van der Waals surface area contributed by atoms with Gasteiger partial charge in [0.1, 0.15) is 11.5 Å². The summed E-state index contributed by atoms with van der Waals surface area (Å²) in [7, 11) is 1.73. The summed E-state index contributed by atoms with van der Waals surface area (Å²) >= 11 is 0. The van der Waals surface area contributed by atoms with Crippen molar-refractivity contribution in [2.75, 3.05) is 7.11 Å². The lowest BCUT2D eigenvalue weighted by Crippen LogP contribution is -2.36. The molecule has 0 heterocycles. The second-order valence-electron chi connectivity index (χ2n) is 7.43. The van der Waals surface area contributed by atoms with E-state index < -0.39 is 0 Å². The SMILES string of the molecule is COc1ccc2c(c1)CC[C@H]1C3=CC=C(OC(C)=O)[C@@]3(C)CC[C@@H]21. The van der Waals surface area contributed by atoms with Gasteiger partial charge in [-0.3, -0.25) is 4.79 Å². The molecule has 3 aliphatic carbocycles. The fraction of sp³-hybridized carbons (Fsp3) is 0.476. The minimum Gasteiger partial charge on any atom is -0.497 e. The van der Waals surface area contributed by atoms with Crippen LogP contribution < -0.4 is 4.74 Å². The Morgan fingerprint density at radius 2 is 2.04 bits per heavy atom. The van der Waals surface area contributed by atoms with Crippen LogP contribution in [0.15, 0.2) is 41.7 Å². The van der Waals surface area contributed by atoms with E-state index in [2.05, 4.69) is 31.2 Å².